The Morgan fingerprint density at radius 2 is 1.93 bits per heavy atom. The van der Waals surface area contributed by atoms with E-state index in [9.17, 15) is 0 Å². The summed E-state index contributed by atoms with van der Waals surface area (Å²) in [5.41, 5.74) is 13.0. The van der Waals surface area contributed by atoms with E-state index in [4.69, 9.17) is 0 Å². The average Bonchev–Trinajstić information content (AvgIpc) is 3.12. The summed E-state index contributed by atoms with van der Waals surface area (Å²) in [6.45, 7) is 8.42. The molecule has 0 N–H and O–H groups in total. The molecule has 0 nitrogen and oxygen atoms in total. The van der Waals surface area contributed by atoms with Gasteiger partial charge in [0.2, 0.25) is 0 Å². The van der Waals surface area contributed by atoms with Gasteiger partial charge in [-0.2, -0.15) is 0 Å². The SMILES string of the molecule is C=C/C=C\C1=C(C)c2cc(C)ccc2C12C1=CCCC=C1C1=C2C=CCC1. The predicted molar refractivity (Wildman–Crippen MR) is 116 cm³/mol. The van der Waals surface area contributed by atoms with Crippen LogP contribution in [0.3, 0.4) is 0 Å². The Labute approximate surface area is 162 Å². The minimum absolute atomic E-state index is 0.134. The van der Waals surface area contributed by atoms with E-state index in [-0.39, 0.29) is 5.41 Å². The van der Waals surface area contributed by atoms with Crippen molar-refractivity contribution in [1.82, 2.24) is 0 Å². The monoisotopic (exact) mass is 350 g/mol. The highest BCUT2D eigenvalue weighted by molar-refractivity contribution is 5.91. The number of hydrogen-bond acceptors (Lipinski definition) is 0. The highest BCUT2D eigenvalue weighted by Crippen LogP contribution is 2.64. The van der Waals surface area contributed by atoms with Gasteiger partial charge in [0.05, 0.1) is 5.41 Å². The second-order valence-electron chi connectivity index (χ2n) is 8.08. The lowest BCUT2D eigenvalue weighted by Gasteiger charge is -2.34. The van der Waals surface area contributed by atoms with Crippen LogP contribution in [-0.4, -0.2) is 0 Å². The van der Waals surface area contributed by atoms with Gasteiger partial charge in [0.1, 0.15) is 0 Å². The summed E-state index contributed by atoms with van der Waals surface area (Å²) in [4.78, 5) is 0. The Kier molecular flexibility index (Phi) is 3.65. The van der Waals surface area contributed by atoms with Gasteiger partial charge in [-0.15, -0.1) is 0 Å². The normalized spacial score (nSPS) is 25.7. The average molecular weight is 351 g/mol. The van der Waals surface area contributed by atoms with Gasteiger partial charge < -0.3 is 0 Å². The van der Waals surface area contributed by atoms with Gasteiger partial charge in [0.15, 0.2) is 0 Å². The number of hydrogen-bond donors (Lipinski definition) is 0. The topological polar surface area (TPSA) is 0 Å². The smallest absolute Gasteiger partial charge is 0.0715 e. The van der Waals surface area contributed by atoms with Crippen molar-refractivity contribution >= 4 is 5.57 Å². The molecule has 0 aliphatic heterocycles. The van der Waals surface area contributed by atoms with Crippen LogP contribution in [0.15, 0.2) is 95.2 Å². The Bertz CT molecular complexity index is 1050. The van der Waals surface area contributed by atoms with Crippen LogP contribution in [0.5, 0.6) is 0 Å². The maximum atomic E-state index is 3.93. The Morgan fingerprint density at radius 1 is 1.07 bits per heavy atom. The van der Waals surface area contributed by atoms with Crippen LogP contribution in [-0.2, 0) is 5.41 Å². The molecule has 0 heterocycles. The lowest BCUT2D eigenvalue weighted by molar-refractivity contribution is 0.755. The first kappa shape index (κ1) is 16.6. The molecule has 134 valence electrons. The van der Waals surface area contributed by atoms with Crippen molar-refractivity contribution in [3.63, 3.8) is 0 Å². The van der Waals surface area contributed by atoms with Gasteiger partial charge in [-0.3, -0.25) is 0 Å². The molecule has 1 spiro atoms. The fraction of sp³-hybridized carbons (Fsp3) is 0.259. The Hall–Kier alpha value is -2.60. The molecule has 0 bridgehead atoms. The van der Waals surface area contributed by atoms with E-state index in [2.05, 4.69) is 75.1 Å². The lowest BCUT2D eigenvalue weighted by Crippen LogP contribution is -2.28. The maximum Gasteiger partial charge on any atom is 0.0715 e. The molecular formula is C27H26. The molecule has 5 rings (SSSR count). The summed E-state index contributed by atoms with van der Waals surface area (Å²) in [7, 11) is 0. The van der Waals surface area contributed by atoms with Gasteiger partial charge in [0, 0.05) is 0 Å². The van der Waals surface area contributed by atoms with Gasteiger partial charge in [-0.05, 0) is 84.1 Å². The van der Waals surface area contributed by atoms with E-state index in [1.165, 1.54) is 44.6 Å². The van der Waals surface area contributed by atoms with E-state index in [1.807, 2.05) is 6.08 Å². The Morgan fingerprint density at radius 3 is 2.78 bits per heavy atom. The fourth-order valence-corrected chi connectivity index (χ4v) is 5.62. The minimum Gasteiger partial charge on any atom is -0.0991 e. The van der Waals surface area contributed by atoms with Crippen LogP contribution >= 0.6 is 0 Å². The minimum atomic E-state index is -0.134. The molecule has 0 radical (unpaired) electrons. The molecule has 1 aromatic rings. The van der Waals surface area contributed by atoms with Gasteiger partial charge >= 0.3 is 0 Å². The van der Waals surface area contributed by atoms with E-state index in [1.54, 1.807) is 5.57 Å². The highest BCUT2D eigenvalue weighted by Gasteiger charge is 2.54. The quantitative estimate of drug-likeness (QED) is 0.500. The van der Waals surface area contributed by atoms with E-state index in [0.717, 1.165) is 25.7 Å². The molecule has 1 aromatic carbocycles. The standard InChI is InChI=1S/C27H26/c1-4-5-12-23-19(3)22-17-18(2)15-16-26(22)27(23)24-13-8-6-10-20(24)21-11-7-9-14-25(21)27/h4-5,8,11-17H,1,6-7,9-10H2,2-3H3/b12-5-. The summed E-state index contributed by atoms with van der Waals surface area (Å²) in [6, 6.07) is 7.04. The van der Waals surface area contributed by atoms with Crippen LogP contribution in [0.4, 0.5) is 0 Å². The zero-order chi connectivity index (χ0) is 18.6. The van der Waals surface area contributed by atoms with Crippen LogP contribution < -0.4 is 0 Å². The van der Waals surface area contributed by atoms with Crippen LogP contribution in [0.1, 0.15) is 49.3 Å². The molecule has 0 aromatic heterocycles. The number of rotatable bonds is 2. The molecule has 27 heavy (non-hydrogen) atoms. The molecule has 1 unspecified atom stereocenters. The largest absolute Gasteiger partial charge is 0.0991 e. The van der Waals surface area contributed by atoms with Crippen molar-refractivity contribution in [3.05, 3.63) is 112 Å². The van der Waals surface area contributed by atoms with Gasteiger partial charge in [0.25, 0.3) is 0 Å². The van der Waals surface area contributed by atoms with Gasteiger partial charge in [-0.25, -0.2) is 0 Å². The van der Waals surface area contributed by atoms with Crippen LogP contribution in [0.25, 0.3) is 5.57 Å². The fourth-order valence-electron chi connectivity index (χ4n) is 5.62. The first-order valence-electron chi connectivity index (χ1n) is 10.1. The van der Waals surface area contributed by atoms with E-state index in [0.29, 0.717) is 0 Å². The van der Waals surface area contributed by atoms with Crippen molar-refractivity contribution in [2.24, 2.45) is 0 Å². The molecule has 4 aliphatic rings. The zero-order valence-electron chi connectivity index (χ0n) is 16.3. The second-order valence-corrected chi connectivity index (χ2v) is 8.08. The second kappa shape index (κ2) is 5.96. The van der Waals surface area contributed by atoms with Crippen molar-refractivity contribution in [1.29, 1.82) is 0 Å². The van der Waals surface area contributed by atoms with Crippen LogP contribution in [0, 0.1) is 6.92 Å². The lowest BCUT2D eigenvalue weighted by atomic mass is 9.67. The number of benzene rings is 1. The molecular weight excluding hydrogens is 324 g/mol. The van der Waals surface area contributed by atoms with E-state index >= 15 is 0 Å². The summed E-state index contributed by atoms with van der Waals surface area (Å²) in [6.07, 6.45) is 20.7. The van der Waals surface area contributed by atoms with E-state index < -0.39 is 0 Å². The van der Waals surface area contributed by atoms with Crippen molar-refractivity contribution in [3.8, 4) is 0 Å². The number of aryl methyl sites for hydroxylation is 1. The molecule has 0 heteroatoms. The third-order valence-corrected chi connectivity index (χ3v) is 6.65. The van der Waals surface area contributed by atoms with Crippen molar-refractivity contribution in [2.45, 2.75) is 44.9 Å². The molecule has 0 saturated heterocycles. The molecule has 1 atom stereocenters. The summed E-state index contributed by atoms with van der Waals surface area (Å²) >= 11 is 0. The van der Waals surface area contributed by atoms with Gasteiger partial charge in [-0.1, -0.05) is 72.9 Å². The predicted octanol–water partition coefficient (Wildman–Crippen LogP) is 7.07. The first-order chi connectivity index (χ1) is 13.2. The first-order valence-corrected chi connectivity index (χ1v) is 10.1. The number of allylic oxidation sites excluding steroid dienone is 13. The summed E-state index contributed by atoms with van der Waals surface area (Å²) in [5.74, 6) is 0. The molecule has 0 fully saturated rings. The molecule has 4 aliphatic carbocycles. The Balaban J connectivity index is 1.91. The molecule has 0 amide bonds. The van der Waals surface area contributed by atoms with Crippen LogP contribution in [0.2, 0.25) is 0 Å². The van der Waals surface area contributed by atoms with Crippen molar-refractivity contribution in [2.75, 3.05) is 0 Å². The maximum absolute atomic E-state index is 3.93. The highest BCUT2D eigenvalue weighted by atomic mass is 14.6. The van der Waals surface area contributed by atoms with Crippen molar-refractivity contribution < 1.29 is 0 Å². The zero-order valence-corrected chi connectivity index (χ0v) is 16.3. The summed E-state index contributed by atoms with van der Waals surface area (Å²) in [5, 5.41) is 0. The molecule has 0 saturated carbocycles. The third-order valence-electron chi connectivity index (χ3n) is 6.65. The summed E-state index contributed by atoms with van der Waals surface area (Å²) < 4.78 is 0. The number of fused-ring (bicyclic) bond motifs is 6. The third kappa shape index (κ3) is 2.04.